The van der Waals surface area contributed by atoms with Crippen molar-refractivity contribution in [3.05, 3.63) is 33.8 Å². The first-order valence-electron chi connectivity index (χ1n) is 6.26. The van der Waals surface area contributed by atoms with Crippen LogP contribution < -0.4 is 0 Å². The van der Waals surface area contributed by atoms with Crippen molar-refractivity contribution in [1.82, 2.24) is 4.90 Å². The number of halogens is 2. The fourth-order valence-electron chi connectivity index (χ4n) is 2.11. The molecule has 2 rings (SSSR count). The van der Waals surface area contributed by atoms with E-state index >= 15 is 0 Å². The van der Waals surface area contributed by atoms with E-state index in [-0.39, 0.29) is 5.41 Å². The molecule has 0 amide bonds. The van der Waals surface area contributed by atoms with Crippen molar-refractivity contribution in [2.24, 2.45) is 5.41 Å². The molecule has 1 aliphatic heterocycles. The van der Waals surface area contributed by atoms with Gasteiger partial charge < -0.3 is 10.0 Å². The minimum absolute atomic E-state index is 0.295. The Morgan fingerprint density at radius 1 is 1.35 bits per heavy atom. The highest BCUT2D eigenvalue weighted by molar-refractivity contribution is 8.23. The fourth-order valence-corrected chi connectivity index (χ4v) is 4.10. The number of nitrogens with zero attached hydrogens (tertiary/aromatic N) is 1. The van der Waals surface area contributed by atoms with Gasteiger partial charge in [-0.2, -0.15) is 0 Å². The van der Waals surface area contributed by atoms with Gasteiger partial charge in [0.25, 0.3) is 0 Å². The van der Waals surface area contributed by atoms with Crippen LogP contribution in [0.25, 0.3) is 0 Å². The number of thioether (sulfide) groups is 1. The third-order valence-corrected chi connectivity index (χ3v) is 5.92. The van der Waals surface area contributed by atoms with Crippen LogP contribution in [-0.4, -0.2) is 25.8 Å². The second kappa shape index (κ2) is 5.65. The Bertz CT molecular complexity index is 544. The van der Waals surface area contributed by atoms with Crippen molar-refractivity contribution in [2.75, 3.05) is 5.75 Å². The van der Waals surface area contributed by atoms with E-state index < -0.39 is 5.72 Å². The third-order valence-electron chi connectivity index (χ3n) is 3.59. The highest BCUT2D eigenvalue weighted by Gasteiger charge is 2.50. The summed E-state index contributed by atoms with van der Waals surface area (Å²) < 4.78 is 0.716. The van der Waals surface area contributed by atoms with E-state index in [1.807, 2.05) is 37.8 Å². The molecule has 20 heavy (non-hydrogen) atoms. The fraction of sp³-hybridized carbons (Fsp3) is 0.500. The van der Waals surface area contributed by atoms with Crippen LogP contribution in [0.4, 0.5) is 0 Å². The van der Waals surface area contributed by atoms with Gasteiger partial charge in [-0.15, -0.1) is 0 Å². The maximum absolute atomic E-state index is 11.0. The zero-order chi connectivity index (χ0) is 15.1. The molecule has 1 N–H and O–H groups in total. The van der Waals surface area contributed by atoms with Gasteiger partial charge in [0.2, 0.25) is 0 Å². The van der Waals surface area contributed by atoms with Gasteiger partial charge in [0, 0.05) is 17.7 Å². The number of aliphatic hydroxyl groups is 1. The van der Waals surface area contributed by atoms with Crippen molar-refractivity contribution in [3.8, 4) is 0 Å². The van der Waals surface area contributed by atoms with E-state index in [2.05, 4.69) is 0 Å². The van der Waals surface area contributed by atoms with E-state index in [1.54, 1.807) is 6.07 Å². The predicted molar refractivity (Wildman–Crippen MR) is 91.5 cm³/mol. The maximum atomic E-state index is 11.0. The largest absolute Gasteiger partial charge is 0.369 e. The molecular weight excluding hydrogens is 333 g/mol. The lowest BCUT2D eigenvalue weighted by atomic mass is 9.83. The molecule has 6 heteroatoms. The van der Waals surface area contributed by atoms with Gasteiger partial charge in [-0.1, -0.05) is 74.0 Å². The van der Waals surface area contributed by atoms with E-state index in [0.717, 1.165) is 5.56 Å². The van der Waals surface area contributed by atoms with Gasteiger partial charge in [-0.25, -0.2) is 0 Å². The molecule has 1 aromatic carbocycles. The Morgan fingerprint density at radius 2 is 2.00 bits per heavy atom. The van der Waals surface area contributed by atoms with Crippen LogP contribution in [0.15, 0.2) is 18.2 Å². The minimum atomic E-state index is -0.957. The Hall–Kier alpha value is -0.0000000000000000555. The van der Waals surface area contributed by atoms with Gasteiger partial charge >= 0.3 is 0 Å². The summed E-state index contributed by atoms with van der Waals surface area (Å²) in [6.45, 7) is 6.58. The molecule has 0 radical (unpaired) electrons. The van der Waals surface area contributed by atoms with E-state index in [9.17, 15) is 5.11 Å². The van der Waals surface area contributed by atoms with Crippen LogP contribution in [-0.2, 0) is 6.54 Å². The average molecular weight is 350 g/mol. The molecule has 0 aliphatic carbocycles. The SMILES string of the molecule is CC(C)(C)C1(O)CSC(=S)N1Cc1ccc(Cl)c(Cl)c1. The normalized spacial score (nSPS) is 23.5. The number of hydrogen-bond donors (Lipinski definition) is 1. The standard InChI is InChI=1S/C14H17Cl2NOS2/c1-13(2,3)14(18)8-20-12(19)17(14)7-9-4-5-10(15)11(16)6-9/h4-6,18H,7-8H2,1-3H3. The van der Waals surface area contributed by atoms with Gasteiger partial charge in [0.1, 0.15) is 4.32 Å². The molecule has 0 bridgehead atoms. The Labute approximate surface area is 139 Å². The molecule has 1 fully saturated rings. The molecule has 2 nitrogen and oxygen atoms in total. The van der Waals surface area contributed by atoms with Gasteiger partial charge in [-0.3, -0.25) is 0 Å². The summed E-state index contributed by atoms with van der Waals surface area (Å²) in [6, 6.07) is 5.49. The van der Waals surface area contributed by atoms with Crippen molar-refractivity contribution in [1.29, 1.82) is 0 Å². The first kappa shape index (κ1) is 16.4. The minimum Gasteiger partial charge on any atom is -0.369 e. The number of benzene rings is 1. The molecule has 0 aromatic heterocycles. The average Bonchev–Trinajstić information content (AvgIpc) is 2.63. The topological polar surface area (TPSA) is 23.5 Å². The molecule has 1 saturated heterocycles. The molecule has 0 saturated carbocycles. The Morgan fingerprint density at radius 3 is 2.55 bits per heavy atom. The van der Waals surface area contributed by atoms with Crippen LogP contribution in [0.2, 0.25) is 10.0 Å². The molecule has 1 heterocycles. The van der Waals surface area contributed by atoms with Gasteiger partial charge in [0.05, 0.1) is 10.0 Å². The second-order valence-corrected chi connectivity index (χ2v) is 8.38. The molecule has 0 spiro atoms. The Balaban J connectivity index is 2.30. The van der Waals surface area contributed by atoms with Crippen LogP contribution in [0, 0.1) is 5.41 Å². The Kier molecular flexibility index (Phi) is 4.63. The van der Waals surface area contributed by atoms with E-state index in [0.29, 0.717) is 26.7 Å². The molecule has 1 unspecified atom stereocenters. The molecular formula is C14H17Cl2NOS2. The highest BCUT2D eigenvalue weighted by Crippen LogP contribution is 2.44. The smallest absolute Gasteiger partial charge is 0.153 e. The van der Waals surface area contributed by atoms with Gasteiger partial charge in [0.15, 0.2) is 5.72 Å². The van der Waals surface area contributed by atoms with E-state index in [1.165, 1.54) is 11.8 Å². The lowest BCUT2D eigenvalue weighted by molar-refractivity contribution is -0.126. The zero-order valence-corrected chi connectivity index (χ0v) is 14.8. The maximum Gasteiger partial charge on any atom is 0.153 e. The highest BCUT2D eigenvalue weighted by atomic mass is 35.5. The summed E-state index contributed by atoms with van der Waals surface area (Å²) >= 11 is 18.9. The quantitative estimate of drug-likeness (QED) is 0.790. The lowest BCUT2D eigenvalue weighted by Crippen LogP contribution is -2.55. The van der Waals surface area contributed by atoms with Crippen molar-refractivity contribution in [3.63, 3.8) is 0 Å². The second-order valence-electron chi connectivity index (χ2n) is 5.96. The zero-order valence-electron chi connectivity index (χ0n) is 11.6. The van der Waals surface area contributed by atoms with Crippen LogP contribution in [0.1, 0.15) is 26.3 Å². The lowest BCUT2D eigenvalue weighted by Gasteiger charge is -2.43. The summed E-state index contributed by atoms with van der Waals surface area (Å²) in [6.07, 6.45) is 0. The van der Waals surface area contributed by atoms with Crippen LogP contribution in [0.3, 0.4) is 0 Å². The van der Waals surface area contributed by atoms with Crippen molar-refractivity contribution < 1.29 is 5.11 Å². The molecule has 1 aromatic rings. The first-order chi connectivity index (χ1) is 9.15. The molecule has 1 aliphatic rings. The summed E-state index contributed by atoms with van der Waals surface area (Å²) in [5.41, 5.74) is -0.274. The summed E-state index contributed by atoms with van der Waals surface area (Å²) in [4.78, 5) is 1.88. The van der Waals surface area contributed by atoms with Crippen LogP contribution >= 0.6 is 47.2 Å². The monoisotopic (exact) mass is 349 g/mol. The van der Waals surface area contributed by atoms with E-state index in [4.69, 9.17) is 35.4 Å². The number of thiocarbonyl (C=S) groups is 1. The number of rotatable bonds is 2. The third kappa shape index (κ3) is 2.95. The van der Waals surface area contributed by atoms with Crippen LogP contribution in [0.5, 0.6) is 0 Å². The van der Waals surface area contributed by atoms with Crippen molar-refractivity contribution >= 4 is 51.5 Å². The summed E-state index contributed by atoms with van der Waals surface area (Å²) in [5, 5.41) is 12.0. The van der Waals surface area contributed by atoms with Gasteiger partial charge in [-0.05, 0) is 17.7 Å². The summed E-state index contributed by atoms with van der Waals surface area (Å²) in [5.74, 6) is 0.580. The van der Waals surface area contributed by atoms with Crippen molar-refractivity contribution in [2.45, 2.75) is 33.0 Å². The molecule has 110 valence electrons. The first-order valence-corrected chi connectivity index (χ1v) is 8.41. The molecule has 1 atom stereocenters. The predicted octanol–water partition coefficient (Wildman–Crippen LogP) is 4.56. The summed E-state index contributed by atoms with van der Waals surface area (Å²) in [7, 11) is 0. The number of hydrogen-bond acceptors (Lipinski definition) is 3.